The Bertz CT molecular complexity index is 592. The van der Waals surface area contributed by atoms with E-state index in [1.54, 1.807) is 10.9 Å². The van der Waals surface area contributed by atoms with E-state index in [0.29, 0.717) is 12.4 Å². The monoisotopic (exact) mass is 309 g/mol. The third-order valence-corrected chi connectivity index (χ3v) is 3.51. The lowest BCUT2D eigenvalue weighted by atomic mass is 10.1. The molecule has 0 aromatic carbocycles. The van der Waals surface area contributed by atoms with Gasteiger partial charge in [0.1, 0.15) is 0 Å². The third kappa shape index (κ3) is 4.22. The van der Waals surface area contributed by atoms with E-state index in [0.717, 1.165) is 23.5 Å². The lowest BCUT2D eigenvalue weighted by molar-refractivity contribution is 0.251. The van der Waals surface area contributed by atoms with Crippen LogP contribution in [0.4, 0.5) is 10.6 Å². The molecule has 0 aliphatic rings. The van der Waals surface area contributed by atoms with E-state index < -0.39 is 0 Å². The molecule has 2 amide bonds. The Morgan fingerprint density at radius 1 is 1.43 bits per heavy atom. The van der Waals surface area contributed by atoms with E-state index in [1.165, 1.54) is 11.5 Å². The van der Waals surface area contributed by atoms with Gasteiger partial charge in [0.25, 0.3) is 0 Å². The molecule has 2 N–H and O–H groups in total. The van der Waals surface area contributed by atoms with E-state index in [1.807, 2.05) is 13.8 Å². The number of amides is 2. The predicted molar refractivity (Wildman–Crippen MR) is 80.2 cm³/mol. The molecule has 0 fully saturated rings. The molecule has 0 aliphatic carbocycles. The number of carbonyl (C=O) groups is 1. The average Bonchev–Trinajstić information content (AvgIpc) is 3.06. The Hall–Kier alpha value is -2.03. The molecule has 0 saturated heterocycles. The van der Waals surface area contributed by atoms with Crippen LogP contribution in [-0.4, -0.2) is 30.6 Å². The van der Waals surface area contributed by atoms with E-state index in [9.17, 15) is 4.79 Å². The van der Waals surface area contributed by atoms with Crippen LogP contribution >= 0.6 is 11.5 Å². The largest absolute Gasteiger partial charge is 0.333 e. The number of aryl methyl sites for hydroxylation is 1. The highest BCUT2D eigenvalue weighted by Crippen LogP contribution is 2.19. The Kier molecular flexibility index (Phi) is 5.20. The van der Waals surface area contributed by atoms with Crippen molar-refractivity contribution in [1.82, 2.24) is 29.9 Å². The molecule has 2 aromatic rings. The summed E-state index contributed by atoms with van der Waals surface area (Å²) in [6.45, 7) is 7.33. The summed E-state index contributed by atoms with van der Waals surface area (Å²) in [6.07, 6.45) is 2.67. The minimum atomic E-state index is -0.318. The average molecular weight is 309 g/mol. The standard InChI is InChI=1S/C12H19N7OS/c1-4-5-19-7-10(15-17-19)14-12(20)13-6-9-11(8(2)3)16-18-21-9/h7-8H,4-6H2,1-3H3,(H2,13,14,20). The maximum absolute atomic E-state index is 11.8. The zero-order chi connectivity index (χ0) is 15.2. The van der Waals surface area contributed by atoms with E-state index in [2.05, 4.69) is 37.5 Å². The number of nitrogens with one attached hydrogen (secondary N) is 2. The first-order valence-corrected chi connectivity index (χ1v) is 7.63. The van der Waals surface area contributed by atoms with Gasteiger partial charge in [-0.15, -0.1) is 10.2 Å². The Morgan fingerprint density at radius 3 is 2.95 bits per heavy atom. The Labute approximate surface area is 127 Å². The molecule has 8 nitrogen and oxygen atoms in total. The van der Waals surface area contributed by atoms with Gasteiger partial charge >= 0.3 is 6.03 Å². The van der Waals surface area contributed by atoms with E-state index in [-0.39, 0.29) is 11.9 Å². The number of aromatic nitrogens is 5. The minimum Gasteiger partial charge on any atom is -0.333 e. The molecule has 2 aromatic heterocycles. The van der Waals surface area contributed by atoms with Crippen molar-refractivity contribution in [2.45, 2.75) is 46.2 Å². The van der Waals surface area contributed by atoms with Crippen molar-refractivity contribution < 1.29 is 4.79 Å². The fourth-order valence-electron chi connectivity index (χ4n) is 1.79. The number of hydrogen-bond donors (Lipinski definition) is 2. The highest BCUT2D eigenvalue weighted by Gasteiger charge is 2.13. The van der Waals surface area contributed by atoms with Crippen LogP contribution in [0.3, 0.4) is 0 Å². The fraction of sp³-hybridized carbons (Fsp3) is 0.583. The van der Waals surface area contributed by atoms with Crippen LogP contribution in [0.5, 0.6) is 0 Å². The maximum atomic E-state index is 11.8. The molecule has 0 radical (unpaired) electrons. The van der Waals surface area contributed by atoms with Gasteiger partial charge in [-0.25, -0.2) is 4.79 Å². The van der Waals surface area contributed by atoms with E-state index in [4.69, 9.17) is 0 Å². The molecule has 2 heterocycles. The van der Waals surface area contributed by atoms with Crippen LogP contribution in [0.1, 0.15) is 43.7 Å². The summed E-state index contributed by atoms with van der Waals surface area (Å²) in [5, 5.41) is 17.3. The van der Waals surface area contributed by atoms with Crippen LogP contribution in [0.25, 0.3) is 0 Å². The lowest BCUT2D eigenvalue weighted by Crippen LogP contribution is -2.28. The molecule has 0 saturated carbocycles. The van der Waals surface area contributed by atoms with Crippen molar-refractivity contribution in [3.8, 4) is 0 Å². The summed E-state index contributed by atoms with van der Waals surface area (Å²) in [6, 6.07) is -0.318. The molecule has 2 rings (SSSR count). The first-order chi connectivity index (χ1) is 10.1. The second-order valence-corrected chi connectivity index (χ2v) is 5.75. The predicted octanol–water partition coefficient (Wildman–Crippen LogP) is 1.98. The van der Waals surface area contributed by atoms with Crippen molar-refractivity contribution in [3.63, 3.8) is 0 Å². The van der Waals surface area contributed by atoms with Gasteiger partial charge in [0.15, 0.2) is 5.82 Å². The van der Waals surface area contributed by atoms with Gasteiger partial charge in [-0.1, -0.05) is 30.5 Å². The quantitative estimate of drug-likeness (QED) is 0.850. The van der Waals surface area contributed by atoms with Crippen molar-refractivity contribution in [2.24, 2.45) is 0 Å². The van der Waals surface area contributed by atoms with Gasteiger partial charge in [0.05, 0.1) is 23.3 Å². The highest BCUT2D eigenvalue weighted by atomic mass is 32.1. The second-order valence-electron chi connectivity index (χ2n) is 4.91. The van der Waals surface area contributed by atoms with Crippen LogP contribution in [-0.2, 0) is 13.1 Å². The fourth-order valence-corrected chi connectivity index (χ4v) is 2.53. The van der Waals surface area contributed by atoms with Gasteiger partial charge in [-0.2, -0.15) is 0 Å². The topological polar surface area (TPSA) is 97.6 Å². The molecule has 21 heavy (non-hydrogen) atoms. The van der Waals surface area contributed by atoms with Gasteiger partial charge < -0.3 is 5.32 Å². The highest BCUT2D eigenvalue weighted by molar-refractivity contribution is 7.05. The molecule has 0 unspecified atom stereocenters. The van der Waals surface area contributed by atoms with Gasteiger partial charge in [-0.05, 0) is 23.9 Å². The Morgan fingerprint density at radius 2 is 2.24 bits per heavy atom. The number of nitrogens with zero attached hydrogens (tertiary/aromatic N) is 5. The number of carbonyl (C=O) groups excluding carboxylic acids is 1. The molecule has 9 heteroatoms. The first-order valence-electron chi connectivity index (χ1n) is 6.86. The van der Waals surface area contributed by atoms with Crippen LogP contribution in [0.15, 0.2) is 6.20 Å². The molecule has 0 aliphatic heterocycles. The summed E-state index contributed by atoms with van der Waals surface area (Å²) in [5.41, 5.74) is 0.925. The van der Waals surface area contributed by atoms with Gasteiger partial charge in [-0.3, -0.25) is 10.00 Å². The summed E-state index contributed by atoms with van der Waals surface area (Å²) in [5.74, 6) is 0.727. The van der Waals surface area contributed by atoms with Gasteiger partial charge in [0.2, 0.25) is 0 Å². The lowest BCUT2D eigenvalue weighted by Gasteiger charge is -2.06. The minimum absolute atomic E-state index is 0.289. The van der Waals surface area contributed by atoms with E-state index >= 15 is 0 Å². The SMILES string of the molecule is CCCn1cc(NC(=O)NCc2snnc2C(C)C)nn1. The Balaban J connectivity index is 1.85. The van der Waals surface area contributed by atoms with Crippen molar-refractivity contribution in [3.05, 3.63) is 16.8 Å². The van der Waals surface area contributed by atoms with Crippen LogP contribution in [0, 0.1) is 0 Å². The summed E-state index contributed by atoms with van der Waals surface area (Å²) < 4.78 is 5.62. The van der Waals surface area contributed by atoms with Gasteiger partial charge in [0, 0.05) is 6.54 Å². The molecule has 0 spiro atoms. The molecule has 0 bridgehead atoms. The smallest absolute Gasteiger partial charge is 0.320 e. The third-order valence-electron chi connectivity index (χ3n) is 2.77. The molecule has 0 atom stereocenters. The zero-order valence-electron chi connectivity index (χ0n) is 12.3. The van der Waals surface area contributed by atoms with Crippen LogP contribution < -0.4 is 10.6 Å². The van der Waals surface area contributed by atoms with Crippen LogP contribution in [0.2, 0.25) is 0 Å². The van der Waals surface area contributed by atoms with Crippen molar-refractivity contribution in [1.29, 1.82) is 0 Å². The summed E-state index contributed by atoms with van der Waals surface area (Å²) in [4.78, 5) is 12.8. The molecular weight excluding hydrogens is 290 g/mol. The number of anilines is 1. The number of rotatable bonds is 6. The number of urea groups is 1. The zero-order valence-corrected chi connectivity index (χ0v) is 13.1. The maximum Gasteiger partial charge on any atom is 0.320 e. The van der Waals surface area contributed by atoms with Crippen molar-refractivity contribution in [2.75, 3.05) is 5.32 Å². The summed E-state index contributed by atoms with van der Waals surface area (Å²) >= 11 is 1.30. The normalized spacial score (nSPS) is 10.9. The molecular formula is C12H19N7OS. The first kappa shape index (κ1) is 15.4. The second kappa shape index (κ2) is 7.11. The molecule has 114 valence electrons. The van der Waals surface area contributed by atoms with Crippen molar-refractivity contribution >= 4 is 23.4 Å². The summed E-state index contributed by atoms with van der Waals surface area (Å²) in [7, 11) is 0. The number of hydrogen-bond acceptors (Lipinski definition) is 6.